The topological polar surface area (TPSA) is 74.3 Å². The van der Waals surface area contributed by atoms with Crippen molar-refractivity contribution < 1.29 is 28.5 Å². The minimum absolute atomic E-state index is 0.228. The van der Waals surface area contributed by atoms with Crippen molar-refractivity contribution in [3.63, 3.8) is 0 Å². The standard InChI is InChI=1S/C32H41NO6/c1-31(2,3)39-30(35)33-21-32(22-37-19-24-11-7-5-8-12-24,23-38-20-25-13-9-6-10-14-25)27-16-15-26(28(33)18-27)17-29(34)36-4/h5-14,17,27-28H,15-16,18-23H2,1-4H3/b26-17-. The minimum Gasteiger partial charge on any atom is -0.466 e. The van der Waals surface area contributed by atoms with Crippen molar-refractivity contribution >= 4 is 12.1 Å². The maximum atomic E-state index is 13.6. The molecule has 1 aliphatic heterocycles. The summed E-state index contributed by atoms with van der Waals surface area (Å²) in [5, 5.41) is 0. The van der Waals surface area contributed by atoms with Crippen molar-refractivity contribution in [2.24, 2.45) is 11.3 Å². The van der Waals surface area contributed by atoms with Gasteiger partial charge in [0, 0.05) is 18.0 Å². The lowest BCUT2D eigenvalue weighted by Gasteiger charge is -2.54. The van der Waals surface area contributed by atoms with Gasteiger partial charge in [-0.2, -0.15) is 0 Å². The van der Waals surface area contributed by atoms with Crippen LogP contribution in [-0.2, 0) is 37.0 Å². The van der Waals surface area contributed by atoms with Crippen LogP contribution in [0.25, 0.3) is 0 Å². The Morgan fingerprint density at radius 3 is 2.03 bits per heavy atom. The van der Waals surface area contributed by atoms with Gasteiger partial charge >= 0.3 is 12.1 Å². The van der Waals surface area contributed by atoms with Crippen LogP contribution in [0.4, 0.5) is 4.79 Å². The summed E-state index contributed by atoms with van der Waals surface area (Å²) in [5.41, 5.74) is 2.04. The average molecular weight is 536 g/mol. The molecule has 0 spiro atoms. The number of methoxy groups -OCH3 is 1. The summed E-state index contributed by atoms with van der Waals surface area (Å²) in [6, 6.07) is 20.0. The van der Waals surface area contributed by atoms with Crippen LogP contribution >= 0.6 is 0 Å². The molecule has 7 nitrogen and oxygen atoms in total. The number of carbonyl (C=O) groups excluding carboxylic acids is 2. The Bertz CT molecular complexity index is 1080. The van der Waals surface area contributed by atoms with Crippen LogP contribution in [0.1, 0.15) is 51.2 Å². The highest BCUT2D eigenvalue weighted by Crippen LogP contribution is 2.48. The lowest BCUT2D eigenvalue weighted by atomic mass is 9.63. The highest BCUT2D eigenvalue weighted by atomic mass is 16.6. The predicted octanol–water partition coefficient (Wildman–Crippen LogP) is 5.93. The van der Waals surface area contributed by atoms with Gasteiger partial charge in [-0.1, -0.05) is 60.7 Å². The van der Waals surface area contributed by atoms with E-state index in [1.54, 1.807) is 11.0 Å². The van der Waals surface area contributed by atoms with Gasteiger partial charge in [0.25, 0.3) is 0 Å². The van der Waals surface area contributed by atoms with E-state index in [1.165, 1.54) is 7.11 Å². The number of nitrogens with zero attached hydrogens (tertiary/aromatic N) is 1. The molecule has 1 saturated carbocycles. The van der Waals surface area contributed by atoms with Crippen LogP contribution < -0.4 is 0 Å². The van der Waals surface area contributed by atoms with Crippen molar-refractivity contribution in [1.82, 2.24) is 4.90 Å². The fraction of sp³-hybridized carbons (Fsp3) is 0.500. The van der Waals surface area contributed by atoms with Crippen LogP contribution in [0.3, 0.4) is 0 Å². The Hall–Kier alpha value is -3.16. The predicted molar refractivity (Wildman–Crippen MR) is 149 cm³/mol. The number of hydrogen-bond donors (Lipinski definition) is 0. The van der Waals surface area contributed by atoms with Gasteiger partial charge in [-0.25, -0.2) is 9.59 Å². The summed E-state index contributed by atoms with van der Waals surface area (Å²) in [7, 11) is 1.37. The SMILES string of the molecule is COC(=O)/C=C1/CCC2CC1N(C(=O)OC(C)(C)C)CC2(COCc1ccccc1)COCc1ccccc1. The molecule has 2 aliphatic rings. The van der Waals surface area contributed by atoms with Gasteiger partial charge in [0.1, 0.15) is 5.60 Å². The normalized spacial score (nSPS) is 21.4. The number of likely N-dealkylation sites (tertiary alicyclic amines) is 1. The third kappa shape index (κ3) is 7.70. The summed E-state index contributed by atoms with van der Waals surface area (Å²) in [5.74, 6) is -0.149. The molecule has 4 rings (SSSR count). The lowest BCUT2D eigenvalue weighted by molar-refractivity contribution is -0.135. The quantitative estimate of drug-likeness (QED) is 0.293. The number of amides is 1. The molecule has 210 valence electrons. The zero-order valence-electron chi connectivity index (χ0n) is 23.6. The molecule has 2 aromatic carbocycles. The monoisotopic (exact) mass is 535 g/mol. The van der Waals surface area contributed by atoms with Gasteiger partial charge in [0.2, 0.25) is 0 Å². The number of rotatable bonds is 9. The molecule has 1 heterocycles. The summed E-state index contributed by atoms with van der Waals surface area (Å²) in [6.45, 7) is 7.87. The lowest BCUT2D eigenvalue weighted by Crippen LogP contribution is -2.61. The van der Waals surface area contributed by atoms with Gasteiger partial charge in [-0.05, 0) is 62.7 Å². The number of benzene rings is 2. The number of hydrogen-bond acceptors (Lipinski definition) is 6. The Morgan fingerprint density at radius 1 is 0.949 bits per heavy atom. The van der Waals surface area contributed by atoms with E-state index in [9.17, 15) is 9.59 Å². The minimum atomic E-state index is -0.648. The largest absolute Gasteiger partial charge is 0.466 e. The van der Waals surface area contributed by atoms with E-state index in [2.05, 4.69) is 0 Å². The number of fused-ring (bicyclic) bond motifs is 2. The van der Waals surface area contributed by atoms with Crippen molar-refractivity contribution in [3.05, 3.63) is 83.4 Å². The second-order valence-corrected chi connectivity index (χ2v) is 11.7. The second-order valence-electron chi connectivity index (χ2n) is 11.7. The van der Waals surface area contributed by atoms with E-state index in [1.807, 2.05) is 81.4 Å². The van der Waals surface area contributed by atoms with E-state index in [0.717, 1.165) is 23.1 Å². The zero-order valence-corrected chi connectivity index (χ0v) is 23.6. The first-order chi connectivity index (χ1) is 18.7. The highest BCUT2D eigenvalue weighted by Gasteiger charge is 2.52. The second kappa shape index (κ2) is 12.8. The molecule has 2 aromatic rings. The number of carbonyl (C=O) groups is 2. The number of ether oxygens (including phenoxy) is 4. The smallest absolute Gasteiger partial charge is 0.410 e. The van der Waals surface area contributed by atoms with Crippen LogP contribution in [0.2, 0.25) is 0 Å². The van der Waals surface area contributed by atoms with Crippen LogP contribution in [-0.4, -0.2) is 55.5 Å². The molecule has 39 heavy (non-hydrogen) atoms. The molecule has 2 fully saturated rings. The van der Waals surface area contributed by atoms with Gasteiger partial charge in [-0.3, -0.25) is 0 Å². The fourth-order valence-corrected chi connectivity index (χ4v) is 5.66. The molecule has 7 heteroatoms. The van der Waals surface area contributed by atoms with E-state index in [-0.39, 0.29) is 18.1 Å². The molecule has 2 bridgehead atoms. The van der Waals surface area contributed by atoms with Crippen LogP contribution in [0, 0.1) is 11.3 Å². The van der Waals surface area contributed by atoms with Crippen LogP contribution in [0.5, 0.6) is 0 Å². The highest BCUT2D eigenvalue weighted by molar-refractivity contribution is 5.83. The molecule has 0 N–H and O–H groups in total. The van der Waals surface area contributed by atoms with E-state index in [0.29, 0.717) is 45.8 Å². The average Bonchev–Trinajstić information content (AvgIpc) is 2.92. The maximum absolute atomic E-state index is 13.6. The Kier molecular flexibility index (Phi) is 9.46. The Labute approximate surface area is 232 Å². The molecule has 2 unspecified atom stereocenters. The fourth-order valence-electron chi connectivity index (χ4n) is 5.66. The van der Waals surface area contributed by atoms with Crippen LogP contribution in [0.15, 0.2) is 72.3 Å². The van der Waals surface area contributed by atoms with Gasteiger partial charge < -0.3 is 23.8 Å². The van der Waals surface area contributed by atoms with Crippen molar-refractivity contribution in [1.29, 1.82) is 0 Å². The first-order valence-corrected chi connectivity index (χ1v) is 13.7. The molecule has 2 atom stereocenters. The Balaban J connectivity index is 1.60. The summed E-state index contributed by atoms with van der Waals surface area (Å²) in [6.07, 6.45) is 3.45. The first kappa shape index (κ1) is 28.8. The maximum Gasteiger partial charge on any atom is 0.410 e. The Morgan fingerprint density at radius 2 is 1.51 bits per heavy atom. The number of piperidine rings is 1. The van der Waals surface area contributed by atoms with E-state index in [4.69, 9.17) is 18.9 Å². The molecule has 0 aromatic heterocycles. The molecular formula is C32H41NO6. The molecule has 1 aliphatic carbocycles. The molecule has 1 saturated heterocycles. The van der Waals surface area contributed by atoms with Gasteiger partial charge in [0.15, 0.2) is 0 Å². The van der Waals surface area contributed by atoms with Crippen molar-refractivity contribution in [3.8, 4) is 0 Å². The van der Waals surface area contributed by atoms with Gasteiger partial charge in [0.05, 0.1) is 39.6 Å². The molecular weight excluding hydrogens is 494 g/mol. The first-order valence-electron chi connectivity index (χ1n) is 13.7. The zero-order chi connectivity index (χ0) is 27.9. The van der Waals surface area contributed by atoms with Crippen molar-refractivity contribution in [2.75, 3.05) is 26.9 Å². The van der Waals surface area contributed by atoms with E-state index < -0.39 is 17.0 Å². The summed E-state index contributed by atoms with van der Waals surface area (Å²) in [4.78, 5) is 27.5. The third-order valence-electron chi connectivity index (χ3n) is 7.58. The molecule has 1 amide bonds. The summed E-state index contributed by atoms with van der Waals surface area (Å²) < 4.78 is 23.5. The van der Waals surface area contributed by atoms with Crippen molar-refractivity contribution in [2.45, 2.75) is 64.9 Å². The summed E-state index contributed by atoms with van der Waals surface area (Å²) >= 11 is 0. The molecule has 0 radical (unpaired) electrons. The van der Waals surface area contributed by atoms with Gasteiger partial charge in [-0.15, -0.1) is 0 Å². The van der Waals surface area contributed by atoms with E-state index >= 15 is 0 Å². The third-order valence-corrected chi connectivity index (χ3v) is 7.58. The number of esters is 1.